The summed E-state index contributed by atoms with van der Waals surface area (Å²) in [6.45, 7) is 15.6. The lowest BCUT2D eigenvalue weighted by atomic mass is 9.60. The number of halogens is 1. The smallest absolute Gasteiger partial charge is 0.325 e. The molecule has 4 aliphatic rings. The van der Waals surface area contributed by atoms with Crippen molar-refractivity contribution >= 4 is 40.2 Å². The van der Waals surface area contributed by atoms with Crippen LogP contribution in [0, 0.1) is 19.3 Å². The molecule has 10 nitrogen and oxygen atoms in total. The van der Waals surface area contributed by atoms with E-state index in [2.05, 4.69) is 44.2 Å². The molecule has 0 bridgehead atoms. The monoisotopic (exact) mass is 619 g/mol. The number of aromatic amines is 1. The van der Waals surface area contributed by atoms with Crippen LogP contribution in [0.3, 0.4) is 0 Å². The molecule has 0 atom stereocenters. The number of hydrogen-bond donors (Lipinski definition) is 1. The maximum absolute atomic E-state index is 12.8. The zero-order chi connectivity index (χ0) is 31.2. The summed E-state index contributed by atoms with van der Waals surface area (Å²) in [5.41, 5.74) is 4.40. The summed E-state index contributed by atoms with van der Waals surface area (Å²) < 4.78 is 7.43. The molecule has 2 aliphatic carbocycles. The van der Waals surface area contributed by atoms with Gasteiger partial charge in [0.1, 0.15) is 5.54 Å². The van der Waals surface area contributed by atoms with Gasteiger partial charge in [0.25, 0.3) is 0 Å². The molecule has 1 N–H and O–H groups in total. The van der Waals surface area contributed by atoms with Crippen molar-refractivity contribution in [2.24, 2.45) is 5.41 Å². The fourth-order valence-corrected chi connectivity index (χ4v) is 8.63. The van der Waals surface area contributed by atoms with Crippen molar-refractivity contribution in [2.45, 2.75) is 76.9 Å². The van der Waals surface area contributed by atoms with E-state index in [1.165, 1.54) is 13.2 Å². The van der Waals surface area contributed by atoms with Crippen molar-refractivity contribution in [1.82, 2.24) is 29.8 Å². The maximum atomic E-state index is 12.8. The second kappa shape index (κ2) is 10.1. The van der Waals surface area contributed by atoms with Crippen molar-refractivity contribution in [2.75, 3.05) is 44.7 Å². The number of carbonyl (C=O) groups is 2. The second-order valence-corrected chi connectivity index (χ2v) is 14.5. The Labute approximate surface area is 263 Å². The van der Waals surface area contributed by atoms with Gasteiger partial charge in [-0.15, -0.1) is 0 Å². The average Bonchev–Trinajstić information content (AvgIpc) is 3.54. The Hall–Kier alpha value is -3.37. The summed E-state index contributed by atoms with van der Waals surface area (Å²) in [7, 11) is 1.46. The maximum Gasteiger partial charge on any atom is 0.325 e. The fraction of sp³-hybridized carbons (Fsp3) is 0.576. The first-order valence-corrected chi connectivity index (χ1v) is 16.1. The molecular formula is C33H42ClN7O3. The van der Waals surface area contributed by atoms with Crippen molar-refractivity contribution in [3.8, 4) is 11.1 Å². The van der Waals surface area contributed by atoms with Crippen LogP contribution in [0.2, 0.25) is 5.02 Å². The Morgan fingerprint density at radius 2 is 1.89 bits per heavy atom. The number of carbonyl (C=O) groups excluding carboxylic acids is 2. The van der Waals surface area contributed by atoms with E-state index < -0.39 is 5.54 Å². The quantitative estimate of drug-likeness (QED) is 0.305. The zero-order valence-electron chi connectivity index (χ0n) is 26.4. The average molecular weight is 620 g/mol. The van der Waals surface area contributed by atoms with Gasteiger partial charge in [0.05, 0.1) is 35.4 Å². The van der Waals surface area contributed by atoms with Crippen molar-refractivity contribution in [3.05, 3.63) is 41.2 Å². The van der Waals surface area contributed by atoms with Gasteiger partial charge >= 0.3 is 5.97 Å². The third kappa shape index (κ3) is 4.16. The van der Waals surface area contributed by atoms with Gasteiger partial charge in [-0.3, -0.25) is 24.3 Å². The van der Waals surface area contributed by atoms with E-state index in [1.807, 2.05) is 31.9 Å². The molecule has 2 saturated heterocycles. The summed E-state index contributed by atoms with van der Waals surface area (Å²) >= 11 is 7.17. The van der Waals surface area contributed by atoms with Crippen LogP contribution in [-0.4, -0.2) is 92.6 Å². The summed E-state index contributed by atoms with van der Waals surface area (Å²) in [6, 6.07) is 2.31. The number of H-pyrrole nitrogens is 1. The minimum atomic E-state index is -0.714. The molecule has 44 heavy (non-hydrogen) atoms. The number of aryl methyl sites for hydroxylation is 1. The molecule has 2 saturated carbocycles. The van der Waals surface area contributed by atoms with Gasteiger partial charge in [0.2, 0.25) is 5.91 Å². The number of nitrogens with zero attached hydrogens (tertiary/aromatic N) is 6. The lowest BCUT2D eigenvalue weighted by molar-refractivity contribution is -0.154. The van der Waals surface area contributed by atoms with E-state index in [-0.39, 0.29) is 28.9 Å². The predicted molar refractivity (Wildman–Crippen MR) is 171 cm³/mol. The molecule has 3 aromatic rings. The molecule has 1 amide bonds. The van der Waals surface area contributed by atoms with Gasteiger partial charge in [-0.2, -0.15) is 10.2 Å². The van der Waals surface area contributed by atoms with Gasteiger partial charge in [0.15, 0.2) is 5.82 Å². The van der Waals surface area contributed by atoms with Crippen LogP contribution in [0.25, 0.3) is 22.0 Å². The van der Waals surface area contributed by atoms with E-state index in [1.54, 1.807) is 0 Å². The second-order valence-electron chi connectivity index (χ2n) is 14.1. The first-order valence-electron chi connectivity index (χ1n) is 15.7. The summed E-state index contributed by atoms with van der Waals surface area (Å²) in [6.07, 6.45) is 8.46. The normalized spacial score (nSPS) is 21.3. The van der Waals surface area contributed by atoms with E-state index >= 15 is 0 Å². The number of nitrogens with one attached hydrogen (secondary N) is 1. The number of amides is 1. The highest BCUT2D eigenvalue weighted by Gasteiger charge is 2.56. The highest BCUT2D eigenvalue weighted by molar-refractivity contribution is 6.36. The lowest BCUT2D eigenvalue weighted by Crippen LogP contribution is -2.70. The molecule has 2 aromatic heterocycles. The third-order valence-corrected chi connectivity index (χ3v) is 11.6. The zero-order valence-corrected chi connectivity index (χ0v) is 27.1. The van der Waals surface area contributed by atoms with Gasteiger partial charge in [-0.1, -0.05) is 18.2 Å². The van der Waals surface area contributed by atoms with Gasteiger partial charge < -0.3 is 14.5 Å². The Bertz CT molecular complexity index is 1670. The van der Waals surface area contributed by atoms with E-state index in [0.29, 0.717) is 0 Å². The minimum absolute atomic E-state index is 0.0115. The number of fused-ring (bicyclic) bond motifs is 1. The molecule has 2 spiro atoms. The van der Waals surface area contributed by atoms with Crippen LogP contribution in [-0.2, 0) is 14.3 Å². The Morgan fingerprint density at radius 1 is 1.16 bits per heavy atom. The first-order chi connectivity index (χ1) is 20.9. The molecule has 0 radical (unpaired) electrons. The van der Waals surface area contributed by atoms with E-state index in [9.17, 15) is 9.59 Å². The van der Waals surface area contributed by atoms with Crippen LogP contribution < -0.4 is 4.90 Å². The third-order valence-electron chi connectivity index (χ3n) is 11.1. The number of piperazine rings is 1. The molecule has 234 valence electrons. The Balaban J connectivity index is 1.30. The highest BCUT2D eigenvalue weighted by atomic mass is 35.5. The van der Waals surface area contributed by atoms with Gasteiger partial charge in [-0.05, 0) is 77.5 Å². The number of anilines is 1. The molecule has 1 aromatic carbocycles. The van der Waals surface area contributed by atoms with Crippen molar-refractivity contribution in [1.29, 1.82) is 0 Å². The van der Waals surface area contributed by atoms with Crippen LogP contribution in [0.5, 0.6) is 0 Å². The van der Waals surface area contributed by atoms with Gasteiger partial charge in [-0.25, -0.2) is 0 Å². The first kappa shape index (κ1) is 29.3. The van der Waals surface area contributed by atoms with E-state index in [4.69, 9.17) is 21.4 Å². The molecule has 0 unspecified atom stereocenters. The number of likely N-dealkylation sites (tertiary alicyclic amines) is 1. The Morgan fingerprint density at radius 3 is 2.52 bits per heavy atom. The summed E-state index contributed by atoms with van der Waals surface area (Å²) in [5.74, 6) is 0.765. The van der Waals surface area contributed by atoms with Gasteiger partial charge in [0, 0.05) is 60.3 Å². The van der Waals surface area contributed by atoms with E-state index in [0.717, 1.165) is 109 Å². The minimum Gasteiger partial charge on any atom is -0.468 e. The van der Waals surface area contributed by atoms with Crippen LogP contribution in [0.1, 0.15) is 63.3 Å². The largest absolute Gasteiger partial charge is 0.468 e. The molecular weight excluding hydrogens is 578 g/mol. The van der Waals surface area contributed by atoms with Crippen LogP contribution >= 0.6 is 11.6 Å². The number of methoxy groups -OCH3 is 1. The number of esters is 1. The SMILES string of the molecule is C=CC(=O)N1CC2(CC(n3nc(N4CCN(C(C)(C)C(=O)OC)CC45CCC5)c(-c4c(Cl)c(C)cc5[nH]ncc45)c3C)C2)C1. The number of aromatic nitrogens is 4. The molecule has 7 rings (SSSR count). The lowest BCUT2D eigenvalue weighted by Gasteiger charge is -2.59. The number of hydrogen-bond acceptors (Lipinski definition) is 7. The summed E-state index contributed by atoms with van der Waals surface area (Å²) in [5, 5.41) is 14.7. The predicted octanol–water partition coefficient (Wildman–Crippen LogP) is 5.04. The van der Waals surface area contributed by atoms with Crippen LogP contribution in [0.15, 0.2) is 24.9 Å². The number of benzene rings is 1. The highest BCUT2D eigenvalue weighted by Crippen LogP contribution is 2.56. The fourth-order valence-electron chi connectivity index (χ4n) is 8.38. The molecule has 4 heterocycles. The topological polar surface area (TPSA) is 99.6 Å². The number of ether oxygens (including phenoxy) is 1. The molecule has 4 fully saturated rings. The molecule has 11 heteroatoms. The van der Waals surface area contributed by atoms with Crippen molar-refractivity contribution < 1.29 is 14.3 Å². The standard InChI is InChI=1S/C33H42ClN7O3/c1-7-25(42)38-17-32(18-38)14-22(15-32)41-21(3)26(27-23-16-35-36-24(23)13-20(2)28(27)34)29(37-41)40-12-11-39(19-33(40)9-8-10-33)31(4,5)30(43)44-6/h7,13,16,22H,1,8-12,14-15,17-19H2,2-6H3,(H,35,36). The van der Waals surface area contributed by atoms with Crippen LogP contribution in [0.4, 0.5) is 5.82 Å². The summed E-state index contributed by atoms with van der Waals surface area (Å²) in [4.78, 5) is 31.6. The Kier molecular flexibility index (Phi) is 6.72. The number of rotatable bonds is 6. The molecule has 2 aliphatic heterocycles. The van der Waals surface area contributed by atoms with Crippen molar-refractivity contribution in [3.63, 3.8) is 0 Å².